The molecule has 2 N–H and O–H groups in total. The van der Waals surface area contributed by atoms with Gasteiger partial charge in [0.05, 0.1) is 6.42 Å². The summed E-state index contributed by atoms with van der Waals surface area (Å²) in [5, 5.41) is 8.39. The van der Waals surface area contributed by atoms with Crippen LogP contribution < -0.4 is 15.4 Å². The van der Waals surface area contributed by atoms with Crippen LogP contribution in [0.2, 0.25) is 0 Å². The van der Waals surface area contributed by atoms with Crippen LogP contribution in [-0.4, -0.2) is 28.9 Å². The Kier molecular flexibility index (Phi) is 7.67. The van der Waals surface area contributed by atoms with E-state index in [-0.39, 0.29) is 36.3 Å². The van der Waals surface area contributed by atoms with Crippen molar-refractivity contribution in [2.24, 2.45) is 0 Å². The molecule has 0 radical (unpaired) electrons. The summed E-state index contributed by atoms with van der Waals surface area (Å²) in [4.78, 5) is 29.7. The lowest BCUT2D eigenvalue weighted by Crippen LogP contribution is -2.53. The Morgan fingerprint density at radius 1 is 1.00 bits per heavy atom. The number of thiazole rings is 1. The summed E-state index contributed by atoms with van der Waals surface area (Å²) in [6.45, 7) is 0.0838. The van der Waals surface area contributed by atoms with Gasteiger partial charge < -0.3 is 15.4 Å². The molecule has 0 spiro atoms. The monoisotopic (exact) mass is 467 g/mol. The van der Waals surface area contributed by atoms with Gasteiger partial charge in [-0.2, -0.15) is 0 Å². The van der Waals surface area contributed by atoms with Crippen LogP contribution in [0.1, 0.15) is 46.7 Å². The molecule has 33 heavy (non-hydrogen) atoms. The third-order valence-electron chi connectivity index (χ3n) is 5.61. The number of hydrogen-bond acceptors (Lipinski definition) is 5. The van der Waals surface area contributed by atoms with Gasteiger partial charge in [0.15, 0.2) is 11.6 Å². The topological polar surface area (TPSA) is 80.3 Å². The van der Waals surface area contributed by atoms with Crippen LogP contribution in [0.5, 0.6) is 5.75 Å². The molecule has 0 bridgehead atoms. The van der Waals surface area contributed by atoms with Crippen molar-refractivity contribution in [1.29, 1.82) is 0 Å². The Hall–Kier alpha value is -3.26. The van der Waals surface area contributed by atoms with Gasteiger partial charge in [0.1, 0.15) is 17.3 Å². The zero-order valence-corrected chi connectivity index (χ0v) is 18.9. The number of aromatic nitrogens is 1. The molecule has 0 unspecified atom stereocenters. The van der Waals surface area contributed by atoms with Gasteiger partial charge in [-0.3, -0.25) is 9.59 Å². The quantitative estimate of drug-likeness (QED) is 0.519. The van der Waals surface area contributed by atoms with Crippen LogP contribution in [0.3, 0.4) is 0 Å². The average Bonchev–Trinajstić information content (AvgIpc) is 3.30. The van der Waals surface area contributed by atoms with E-state index in [4.69, 9.17) is 4.74 Å². The zero-order chi connectivity index (χ0) is 23.0. The molecule has 1 aliphatic rings. The minimum Gasteiger partial charge on any atom is -0.483 e. The Morgan fingerprint density at radius 2 is 1.70 bits per heavy atom. The highest BCUT2D eigenvalue weighted by Gasteiger charge is 2.28. The van der Waals surface area contributed by atoms with E-state index in [1.54, 1.807) is 23.6 Å². The minimum atomic E-state index is -0.440. The number of para-hydroxylation sites is 1. The summed E-state index contributed by atoms with van der Waals surface area (Å²) < 4.78 is 19.2. The Labute approximate surface area is 196 Å². The largest absolute Gasteiger partial charge is 0.483 e. The van der Waals surface area contributed by atoms with Gasteiger partial charge in [-0.1, -0.05) is 55.3 Å². The van der Waals surface area contributed by atoms with Crippen LogP contribution in [0, 0.1) is 5.82 Å². The number of ether oxygens (including phenoxy) is 1. The molecule has 1 fully saturated rings. The fraction of sp³-hybridized carbons (Fsp3) is 0.320. The van der Waals surface area contributed by atoms with Crippen LogP contribution >= 0.6 is 11.3 Å². The average molecular weight is 468 g/mol. The van der Waals surface area contributed by atoms with Crippen molar-refractivity contribution in [1.82, 2.24) is 15.6 Å². The summed E-state index contributed by atoms with van der Waals surface area (Å²) >= 11 is 1.29. The lowest BCUT2D eigenvalue weighted by Gasteiger charge is -2.32. The molecule has 3 aromatic rings. The van der Waals surface area contributed by atoms with Gasteiger partial charge in [-0.05, 0) is 30.5 Å². The molecule has 0 aliphatic heterocycles. The van der Waals surface area contributed by atoms with Gasteiger partial charge in [0.2, 0.25) is 5.91 Å². The molecule has 1 saturated carbocycles. The summed E-state index contributed by atoms with van der Waals surface area (Å²) in [6, 6.07) is 15.5. The van der Waals surface area contributed by atoms with Crippen molar-refractivity contribution in [2.75, 3.05) is 0 Å². The highest BCUT2D eigenvalue weighted by Crippen LogP contribution is 2.21. The standard InChI is InChI=1S/C25H26FN3O3S/c26-18-10-4-7-13-22(18)32-15-24-28-21(16-33-24)25(31)29-20-12-6-5-11-19(20)27-23(30)14-17-8-2-1-3-9-17/h1-4,7-10,13,16,19-20H,5-6,11-12,14-15H2,(H,27,30)(H,29,31)/t19-,20+/m0/s1. The number of carbonyl (C=O) groups is 2. The second kappa shape index (κ2) is 11.0. The predicted molar refractivity (Wildman–Crippen MR) is 125 cm³/mol. The zero-order valence-electron chi connectivity index (χ0n) is 18.1. The number of halogens is 1. The van der Waals surface area contributed by atoms with Gasteiger partial charge in [0.25, 0.3) is 5.91 Å². The first-order valence-electron chi connectivity index (χ1n) is 11.0. The molecule has 0 saturated heterocycles. The van der Waals surface area contributed by atoms with Crippen LogP contribution in [0.15, 0.2) is 60.0 Å². The van der Waals surface area contributed by atoms with Gasteiger partial charge >= 0.3 is 0 Å². The number of hydrogen-bond donors (Lipinski definition) is 2. The smallest absolute Gasteiger partial charge is 0.271 e. The van der Waals surface area contributed by atoms with Crippen molar-refractivity contribution in [3.63, 3.8) is 0 Å². The number of benzene rings is 2. The lowest BCUT2D eigenvalue weighted by molar-refractivity contribution is -0.121. The Morgan fingerprint density at radius 3 is 2.45 bits per heavy atom. The van der Waals surface area contributed by atoms with Crippen molar-refractivity contribution < 1.29 is 18.7 Å². The molecule has 2 atom stereocenters. The molecule has 2 aromatic carbocycles. The van der Waals surface area contributed by atoms with Crippen molar-refractivity contribution >= 4 is 23.2 Å². The molecule has 1 heterocycles. The van der Waals surface area contributed by atoms with Crippen molar-refractivity contribution in [3.8, 4) is 5.75 Å². The van der Waals surface area contributed by atoms with E-state index in [1.165, 1.54) is 17.4 Å². The lowest BCUT2D eigenvalue weighted by atomic mass is 9.90. The Balaban J connectivity index is 1.31. The highest BCUT2D eigenvalue weighted by atomic mass is 32.1. The van der Waals surface area contributed by atoms with Gasteiger partial charge in [-0.15, -0.1) is 11.3 Å². The highest BCUT2D eigenvalue weighted by molar-refractivity contribution is 7.09. The molecular formula is C25H26FN3O3S. The maximum absolute atomic E-state index is 13.7. The summed E-state index contributed by atoms with van der Waals surface area (Å²) in [5.41, 5.74) is 1.26. The summed E-state index contributed by atoms with van der Waals surface area (Å²) in [6.07, 6.45) is 3.95. The molecule has 6 nitrogen and oxygen atoms in total. The van der Waals surface area contributed by atoms with Crippen molar-refractivity contribution in [3.05, 3.63) is 82.1 Å². The first-order valence-corrected chi connectivity index (χ1v) is 11.9. The number of rotatable bonds is 8. The third-order valence-corrected chi connectivity index (χ3v) is 6.43. The fourth-order valence-electron chi connectivity index (χ4n) is 3.94. The van der Waals surface area contributed by atoms with E-state index in [0.29, 0.717) is 17.1 Å². The van der Waals surface area contributed by atoms with E-state index in [1.807, 2.05) is 30.3 Å². The fourth-order valence-corrected chi connectivity index (χ4v) is 4.63. The van der Waals surface area contributed by atoms with Crippen molar-refractivity contribution in [2.45, 2.75) is 50.8 Å². The van der Waals surface area contributed by atoms with E-state index >= 15 is 0 Å². The molecule has 1 aromatic heterocycles. The van der Waals surface area contributed by atoms with E-state index in [9.17, 15) is 14.0 Å². The normalized spacial score (nSPS) is 17.8. The second-order valence-corrected chi connectivity index (χ2v) is 8.99. The van der Waals surface area contributed by atoms with E-state index < -0.39 is 5.82 Å². The van der Waals surface area contributed by atoms with Crippen LogP contribution in [0.25, 0.3) is 0 Å². The molecule has 172 valence electrons. The number of carbonyl (C=O) groups excluding carboxylic acids is 2. The minimum absolute atomic E-state index is 0.0476. The molecular weight excluding hydrogens is 441 g/mol. The first kappa shape index (κ1) is 22.9. The van der Waals surface area contributed by atoms with Crippen LogP contribution in [0.4, 0.5) is 4.39 Å². The molecule has 4 rings (SSSR count). The molecule has 8 heteroatoms. The molecule has 1 aliphatic carbocycles. The number of nitrogens with zero attached hydrogens (tertiary/aromatic N) is 1. The summed E-state index contributed by atoms with van der Waals surface area (Å²) in [5.74, 6) is -0.620. The molecule has 2 amide bonds. The predicted octanol–water partition coefficient (Wildman–Crippen LogP) is 4.26. The number of amides is 2. The van der Waals surface area contributed by atoms with Gasteiger partial charge in [0, 0.05) is 17.5 Å². The van der Waals surface area contributed by atoms with Gasteiger partial charge in [-0.25, -0.2) is 9.37 Å². The van der Waals surface area contributed by atoms with E-state index in [2.05, 4.69) is 15.6 Å². The maximum Gasteiger partial charge on any atom is 0.271 e. The SMILES string of the molecule is O=C(Cc1ccccc1)N[C@H]1CCCC[C@H]1NC(=O)c1csc(COc2ccccc2F)n1. The number of nitrogens with one attached hydrogen (secondary N) is 2. The van der Waals surface area contributed by atoms with E-state index in [0.717, 1.165) is 31.2 Å². The Bertz CT molecular complexity index is 1090. The first-order chi connectivity index (χ1) is 16.1. The summed E-state index contributed by atoms with van der Waals surface area (Å²) in [7, 11) is 0. The second-order valence-electron chi connectivity index (χ2n) is 8.05. The maximum atomic E-state index is 13.7. The van der Waals surface area contributed by atoms with Crippen LogP contribution in [-0.2, 0) is 17.8 Å². The third kappa shape index (κ3) is 6.38.